The summed E-state index contributed by atoms with van der Waals surface area (Å²) in [5.41, 5.74) is 2.64. The Morgan fingerprint density at radius 2 is 2.33 bits per heavy atom. The van der Waals surface area contributed by atoms with Gasteiger partial charge in [-0.15, -0.1) is 10.2 Å². The molecule has 10 heteroatoms. The Kier molecular flexibility index (Phi) is 3.65. The van der Waals surface area contributed by atoms with Crippen molar-refractivity contribution in [3.63, 3.8) is 0 Å². The third-order valence-corrected chi connectivity index (χ3v) is 2.19. The van der Waals surface area contributed by atoms with Gasteiger partial charge in [0.1, 0.15) is 11.0 Å². The summed E-state index contributed by atoms with van der Waals surface area (Å²) in [7, 11) is 0. The Hall–Kier alpha value is -2.26. The van der Waals surface area contributed by atoms with Gasteiger partial charge < -0.3 is 10.7 Å². The molecule has 0 fully saturated rings. The van der Waals surface area contributed by atoms with Gasteiger partial charge in [0.2, 0.25) is 0 Å². The van der Waals surface area contributed by atoms with Crippen LogP contribution in [0, 0.1) is 0 Å². The molecule has 2 heterocycles. The molecule has 94 valence electrons. The van der Waals surface area contributed by atoms with E-state index in [1.807, 2.05) is 0 Å². The number of hydrazine groups is 1. The second-order valence-electron chi connectivity index (χ2n) is 3.22. The molecule has 2 aromatic heterocycles. The maximum atomic E-state index is 11.8. The number of hydrogen-bond acceptors (Lipinski definition) is 7. The lowest BCUT2D eigenvalue weighted by molar-refractivity contribution is 0.0950. The molecule has 18 heavy (non-hydrogen) atoms. The number of aromatic nitrogens is 5. The molecule has 0 spiro atoms. The molecule has 0 aliphatic carbocycles. The Balaban J connectivity index is 2.06. The lowest BCUT2D eigenvalue weighted by Crippen LogP contribution is -2.24. The highest BCUT2D eigenvalue weighted by atomic mass is 35.5. The number of H-pyrrole nitrogens is 1. The smallest absolute Gasteiger partial charge is 0.251 e. The van der Waals surface area contributed by atoms with Crippen molar-refractivity contribution in [1.29, 1.82) is 0 Å². The van der Waals surface area contributed by atoms with E-state index in [1.54, 1.807) is 0 Å². The van der Waals surface area contributed by atoms with E-state index in [2.05, 4.69) is 36.4 Å². The number of anilines is 1. The molecule has 2 rings (SSSR count). The molecule has 0 atom stereocenters. The number of tetrazole rings is 1. The van der Waals surface area contributed by atoms with Gasteiger partial charge in [0.25, 0.3) is 5.91 Å². The number of hydrogen-bond donors (Lipinski definition) is 4. The van der Waals surface area contributed by atoms with Crippen molar-refractivity contribution in [1.82, 2.24) is 30.9 Å². The highest BCUT2D eigenvalue weighted by molar-refractivity contribution is 6.29. The third-order valence-electron chi connectivity index (χ3n) is 2.00. The van der Waals surface area contributed by atoms with E-state index in [0.717, 1.165) is 0 Å². The van der Waals surface area contributed by atoms with Gasteiger partial charge in [-0.2, -0.15) is 5.21 Å². The number of nitrogens with two attached hydrogens (primary N) is 1. The van der Waals surface area contributed by atoms with Crippen molar-refractivity contribution in [2.75, 3.05) is 5.43 Å². The van der Waals surface area contributed by atoms with Gasteiger partial charge in [-0.3, -0.25) is 4.79 Å². The second kappa shape index (κ2) is 5.38. The minimum Gasteiger partial charge on any atom is -0.345 e. The fourth-order valence-corrected chi connectivity index (χ4v) is 1.43. The molecule has 2 aromatic rings. The summed E-state index contributed by atoms with van der Waals surface area (Å²) in [5, 5.41) is 15.8. The van der Waals surface area contributed by atoms with Gasteiger partial charge in [0.15, 0.2) is 5.82 Å². The molecule has 1 amide bonds. The lowest BCUT2D eigenvalue weighted by Gasteiger charge is -2.05. The van der Waals surface area contributed by atoms with Crippen LogP contribution in [0.5, 0.6) is 0 Å². The first-order valence-electron chi connectivity index (χ1n) is 4.84. The van der Waals surface area contributed by atoms with Crippen LogP contribution in [-0.4, -0.2) is 31.5 Å². The third kappa shape index (κ3) is 2.90. The topological polar surface area (TPSA) is 134 Å². The van der Waals surface area contributed by atoms with Gasteiger partial charge >= 0.3 is 0 Å². The van der Waals surface area contributed by atoms with E-state index in [1.165, 1.54) is 12.1 Å². The maximum Gasteiger partial charge on any atom is 0.251 e. The number of rotatable bonds is 4. The molecule has 9 nitrogen and oxygen atoms in total. The van der Waals surface area contributed by atoms with Crippen LogP contribution in [0.15, 0.2) is 12.1 Å². The molecular weight excluding hydrogens is 260 g/mol. The molecule has 0 unspecified atom stereocenters. The highest BCUT2D eigenvalue weighted by Crippen LogP contribution is 2.13. The zero-order valence-corrected chi connectivity index (χ0v) is 9.77. The Morgan fingerprint density at radius 3 is 3.00 bits per heavy atom. The number of carbonyl (C=O) groups excluding carboxylic acids is 1. The SMILES string of the molecule is NNc1cc(C(=O)NCc2nn[nH]n2)cc(Cl)n1. The van der Waals surface area contributed by atoms with Gasteiger partial charge in [-0.25, -0.2) is 10.8 Å². The van der Waals surface area contributed by atoms with E-state index >= 15 is 0 Å². The van der Waals surface area contributed by atoms with Crippen LogP contribution in [0.2, 0.25) is 5.15 Å². The molecule has 0 saturated heterocycles. The first kappa shape index (κ1) is 12.2. The summed E-state index contributed by atoms with van der Waals surface area (Å²) in [5.74, 6) is 5.53. The molecule has 0 saturated carbocycles. The average molecular weight is 269 g/mol. The monoisotopic (exact) mass is 268 g/mol. The van der Waals surface area contributed by atoms with Crippen molar-refractivity contribution < 1.29 is 4.79 Å². The molecule has 0 bridgehead atoms. The summed E-state index contributed by atoms with van der Waals surface area (Å²) in [6, 6.07) is 2.89. The van der Waals surface area contributed by atoms with Gasteiger partial charge in [0, 0.05) is 5.56 Å². The fraction of sp³-hybridized carbons (Fsp3) is 0.125. The molecule has 5 N–H and O–H groups in total. The van der Waals surface area contributed by atoms with Crippen molar-refractivity contribution in [3.05, 3.63) is 28.7 Å². The summed E-state index contributed by atoms with van der Waals surface area (Å²) >= 11 is 5.75. The van der Waals surface area contributed by atoms with Gasteiger partial charge in [-0.1, -0.05) is 16.8 Å². The van der Waals surface area contributed by atoms with Crippen LogP contribution in [0.3, 0.4) is 0 Å². The highest BCUT2D eigenvalue weighted by Gasteiger charge is 2.09. The fourth-order valence-electron chi connectivity index (χ4n) is 1.22. The van der Waals surface area contributed by atoms with Crippen molar-refractivity contribution in [3.8, 4) is 0 Å². The van der Waals surface area contributed by atoms with Crippen molar-refractivity contribution >= 4 is 23.3 Å². The minimum atomic E-state index is -0.347. The zero-order valence-electron chi connectivity index (χ0n) is 9.01. The largest absolute Gasteiger partial charge is 0.345 e. The zero-order chi connectivity index (χ0) is 13.0. The molecular formula is C8H9ClN8O. The Bertz CT molecular complexity index is 542. The quantitative estimate of drug-likeness (QED) is 0.332. The first-order chi connectivity index (χ1) is 8.69. The summed E-state index contributed by atoms with van der Waals surface area (Å²) in [4.78, 5) is 15.7. The number of nitrogens with one attached hydrogen (secondary N) is 3. The summed E-state index contributed by atoms with van der Waals surface area (Å²) in [6.45, 7) is 0.153. The lowest BCUT2D eigenvalue weighted by atomic mass is 10.2. The molecule has 0 aliphatic rings. The predicted octanol–water partition coefficient (Wildman–Crippen LogP) is -0.536. The summed E-state index contributed by atoms with van der Waals surface area (Å²) in [6.07, 6.45) is 0. The molecule has 0 aromatic carbocycles. The number of halogens is 1. The van der Waals surface area contributed by atoms with E-state index in [0.29, 0.717) is 17.2 Å². The van der Waals surface area contributed by atoms with Gasteiger partial charge in [0.05, 0.1) is 6.54 Å². The van der Waals surface area contributed by atoms with E-state index in [4.69, 9.17) is 17.4 Å². The second-order valence-corrected chi connectivity index (χ2v) is 3.61. The van der Waals surface area contributed by atoms with Crippen LogP contribution in [0.4, 0.5) is 5.82 Å². The van der Waals surface area contributed by atoms with Crippen LogP contribution >= 0.6 is 11.6 Å². The van der Waals surface area contributed by atoms with Crippen LogP contribution in [-0.2, 0) is 6.54 Å². The van der Waals surface area contributed by atoms with E-state index < -0.39 is 0 Å². The van der Waals surface area contributed by atoms with Crippen LogP contribution in [0.25, 0.3) is 0 Å². The average Bonchev–Trinajstić information content (AvgIpc) is 2.88. The molecule has 0 aliphatic heterocycles. The summed E-state index contributed by atoms with van der Waals surface area (Å²) < 4.78 is 0. The maximum absolute atomic E-state index is 11.8. The molecule has 0 radical (unpaired) electrons. The normalized spacial score (nSPS) is 10.1. The van der Waals surface area contributed by atoms with Crippen molar-refractivity contribution in [2.24, 2.45) is 5.84 Å². The number of nitrogen functional groups attached to an aromatic ring is 1. The number of pyridine rings is 1. The first-order valence-corrected chi connectivity index (χ1v) is 5.21. The number of amides is 1. The van der Waals surface area contributed by atoms with Crippen LogP contribution in [0.1, 0.15) is 16.2 Å². The van der Waals surface area contributed by atoms with E-state index in [9.17, 15) is 4.79 Å². The van der Waals surface area contributed by atoms with Gasteiger partial charge in [-0.05, 0) is 12.1 Å². The van der Waals surface area contributed by atoms with Crippen molar-refractivity contribution in [2.45, 2.75) is 6.54 Å². The van der Waals surface area contributed by atoms with E-state index in [-0.39, 0.29) is 17.6 Å². The standard InChI is InChI=1S/C8H9ClN8O/c9-5-1-4(2-6(12-5)13-10)8(18)11-3-7-14-16-17-15-7/h1-2H,3,10H2,(H,11,18)(H,12,13)(H,14,15,16,17). The number of carbonyl (C=O) groups is 1. The Labute approximate surface area is 106 Å². The predicted molar refractivity (Wildman–Crippen MR) is 62.4 cm³/mol. The number of nitrogens with zero attached hydrogens (tertiary/aromatic N) is 4. The minimum absolute atomic E-state index is 0.153. The Morgan fingerprint density at radius 1 is 1.50 bits per heavy atom. The van der Waals surface area contributed by atoms with Crippen LogP contribution < -0.4 is 16.6 Å². The number of aromatic amines is 1.